The molecular formula is C35H46N2O4. The van der Waals surface area contributed by atoms with Crippen molar-refractivity contribution in [1.29, 1.82) is 0 Å². The molecule has 1 atom stereocenters. The lowest BCUT2D eigenvalue weighted by Crippen LogP contribution is -2.27. The molecule has 2 amide bonds. The van der Waals surface area contributed by atoms with Crippen LogP contribution in [0.2, 0.25) is 0 Å². The second-order valence-electron chi connectivity index (χ2n) is 13.3. The van der Waals surface area contributed by atoms with Crippen molar-refractivity contribution in [3.8, 4) is 0 Å². The smallest absolute Gasteiger partial charge is 0.412 e. The van der Waals surface area contributed by atoms with E-state index in [9.17, 15) is 9.59 Å². The SMILES string of the molecule is CCC(C)(c1ccc(NC(=O)OC(C)(C)C)cc1)c1cccc(C(C)(C)c2ccc(NC(=O)OC(C)(C)C)cc2)c1. The summed E-state index contributed by atoms with van der Waals surface area (Å²) >= 11 is 0. The average molecular weight is 559 g/mol. The maximum absolute atomic E-state index is 12.2. The van der Waals surface area contributed by atoms with Gasteiger partial charge in [-0.15, -0.1) is 0 Å². The number of rotatable bonds is 7. The molecule has 0 aliphatic carbocycles. The molecule has 6 nitrogen and oxygen atoms in total. The van der Waals surface area contributed by atoms with E-state index in [1.54, 1.807) is 0 Å². The Hall–Kier alpha value is -3.80. The van der Waals surface area contributed by atoms with Crippen LogP contribution in [0, 0.1) is 0 Å². The first-order chi connectivity index (χ1) is 18.9. The Kier molecular flexibility index (Phi) is 9.27. The minimum Gasteiger partial charge on any atom is -0.444 e. The topological polar surface area (TPSA) is 76.7 Å². The normalized spacial score (nSPS) is 13.6. The number of hydrogen-bond acceptors (Lipinski definition) is 4. The predicted molar refractivity (Wildman–Crippen MR) is 168 cm³/mol. The summed E-state index contributed by atoms with van der Waals surface area (Å²) in [5.41, 5.74) is 4.52. The first-order valence-electron chi connectivity index (χ1n) is 14.2. The zero-order chi connectivity index (χ0) is 30.6. The van der Waals surface area contributed by atoms with Gasteiger partial charge in [-0.05, 0) is 94.5 Å². The summed E-state index contributed by atoms with van der Waals surface area (Å²) in [7, 11) is 0. The summed E-state index contributed by atoms with van der Waals surface area (Å²) in [6, 6.07) is 24.7. The fraction of sp³-hybridized carbons (Fsp3) is 0.429. The van der Waals surface area contributed by atoms with Gasteiger partial charge in [-0.25, -0.2) is 9.59 Å². The highest BCUT2D eigenvalue weighted by Crippen LogP contribution is 2.39. The fourth-order valence-electron chi connectivity index (χ4n) is 4.73. The summed E-state index contributed by atoms with van der Waals surface area (Å²) in [5, 5.41) is 5.62. The highest BCUT2D eigenvalue weighted by Gasteiger charge is 2.30. The Morgan fingerprint density at radius 1 is 0.585 bits per heavy atom. The molecule has 0 spiro atoms. The van der Waals surface area contributed by atoms with Crippen molar-refractivity contribution >= 4 is 23.6 Å². The number of carbonyl (C=O) groups excluding carboxylic acids is 2. The minimum atomic E-state index is -0.553. The van der Waals surface area contributed by atoms with E-state index in [0.717, 1.165) is 12.0 Å². The third-order valence-corrected chi connectivity index (χ3v) is 7.35. The molecule has 3 aromatic carbocycles. The highest BCUT2D eigenvalue weighted by molar-refractivity contribution is 5.85. The van der Waals surface area contributed by atoms with Crippen molar-refractivity contribution < 1.29 is 19.1 Å². The van der Waals surface area contributed by atoms with E-state index in [-0.39, 0.29) is 10.8 Å². The minimum absolute atomic E-state index is 0.224. The van der Waals surface area contributed by atoms with Gasteiger partial charge in [0.1, 0.15) is 11.2 Å². The average Bonchev–Trinajstić information content (AvgIpc) is 2.87. The summed E-state index contributed by atoms with van der Waals surface area (Å²) in [4.78, 5) is 24.4. The molecule has 220 valence electrons. The summed E-state index contributed by atoms with van der Waals surface area (Å²) in [6.45, 7) is 19.9. The molecule has 0 bridgehead atoms. The van der Waals surface area contributed by atoms with Gasteiger partial charge in [-0.1, -0.05) is 76.2 Å². The standard InChI is InChI=1S/C35H46N2O4/c1-11-35(10,25-17-21-29(22-18-25)37-31(39)41-33(5,6)7)27-14-12-13-26(23-27)34(8,9)24-15-19-28(20-16-24)36-30(38)40-32(2,3)4/h12-23H,11H2,1-10H3,(H,36,38)(H,37,39). The van der Waals surface area contributed by atoms with Crippen LogP contribution in [0.4, 0.5) is 21.0 Å². The van der Waals surface area contributed by atoms with Gasteiger partial charge in [0, 0.05) is 22.2 Å². The molecule has 6 heteroatoms. The molecule has 3 rings (SSSR count). The molecule has 0 aliphatic rings. The van der Waals surface area contributed by atoms with E-state index in [1.807, 2.05) is 65.8 Å². The summed E-state index contributed by atoms with van der Waals surface area (Å²) in [5.74, 6) is 0. The molecule has 2 N–H and O–H groups in total. The largest absolute Gasteiger partial charge is 0.444 e. The number of carbonyl (C=O) groups is 2. The van der Waals surface area contributed by atoms with E-state index < -0.39 is 23.4 Å². The Morgan fingerprint density at radius 3 is 1.41 bits per heavy atom. The van der Waals surface area contributed by atoms with Gasteiger partial charge >= 0.3 is 12.2 Å². The molecule has 0 radical (unpaired) electrons. The number of hydrogen-bond donors (Lipinski definition) is 2. The fourth-order valence-corrected chi connectivity index (χ4v) is 4.73. The molecule has 0 aliphatic heterocycles. The second-order valence-corrected chi connectivity index (χ2v) is 13.3. The van der Waals surface area contributed by atoms with Crippen LogP contribution in [0.25, 0.3) is 0 Å². The van der Waals surface area contributed by atoms with Gasteiger partial charge < -0.3 is 9.47 Å². The monoisotopic (exact) mass is 558 g/mol. The van der Waals surface area contributed by atoms with Crippen molar-refractivity contribution in [3.63, 3.8) is 0 Å². The molecule has 0 saturated heterocycles. The molecular weight excluding hydrogens is 512 g/mol. The maximum Gasteiger partial charge on any atom is 0.412 e. The van der Waals surface area contributed by atoms with Crippen molar-refractivity contribution in [2.24, 2.45) is 0 Å². The van der Waals surface area contributed by atoms with Gasteiger partial charge in [-0.2, -0.15) is 0 Å². The van der Waals surface area contributed by atoms with Crippen LogP contribution in [0.3, 0.4) is 0 Å². The van der Waals surface area contributed by atoms with Crippen molar-refractivity contribution in [3.05, 3.63) is 95.1 Å². The van der Waals surface area contributed by atoms with Crippen LogP contribution in [0.5, 0.6) is 0 Å². The summed E-state index contributed by atoms with van der Waals surface area (Å²) < 4.78 is 10.7. The zero-order valence-electron chi connectivity index (χ0n) is 26.3. The lowest BCUT2D eigenvalue weighted by Gasteiger charge is -2.33. The van der Waals surface area contributed by atoms with Crippen LogP contribution < -0.4 is 10.6 Å². The first kappa shape index (κ1) is 31.7. The van der Waals surface area contributed by atoms with Gasteiger partial charge in [0.2, 0.25) is 0 Å². The number of benzene rings is 3. The number of amides is 2. The van der Waals surface area contributed by atoms with Gasteiger partial charge in [0.25, 0.3) is 0 Å². The van der Waals surface area contributed by atoms with E-state index in [2.05, 4.69) is 86.9 Å². The number of ether oxygens (including phenoxy) is 2. The molecule has 1 unspecified atom stereocenters. The Labute approximate surface area is 245 Å². The molecule has 3 aromatic rings. The van der Waals surface area contributed by atoms with E-state index >= 15 is 0 Å². The molecule has 0 saturated carbocycles. The van der Waals surface area contributed by atoms with E-state index in [0.29, 0.717) is 11.4 Å². The second kappa shape index (κ2) is 12.0. The van der Waals surface area contributed by atoms with Crippen molar-refractivity contribution in [2.45, 2.75) is 97.7 Å². The van der Waals surface area contributed by atoms with Crippen LogP contribution in [0.1, 0.15) is 97.9 Å². The Morgan fingerprint density at radius 2 is 1.00 bits per heavy atom. The van der Waals surface area contributed by atoms with Crippen LogP contribution in [0.15, 0.2) is 72.8 Å². The van der Waals surface area contributed by atoms with E-state index in [1.165, 1.54) is 16.7 Å². The maximum atomic E-state index is 12.2. The third kappa shape index (κ3) is 8.35. The van der Waals surface area contributed by atoms with Crippen molar-refractivity contribution in [1.82, 2.24) is 0 Å². The molecule has 0 aromatic heterocycles. The van der Waals surface area contributed by atoms with Gasteiger partial charge in [0.15, 0.2) is 0 Å². The summed E-state index contributed by atoms with van der Waals surface area (Å²) in [6.07, 6.45) is -0.0300. The van der Waals surface area contributed by atoms with Crippen molar-refractivity contribution in [2.75, 3.05) is 10.6 Å². The third-order valence-electron chi connectivity index (χ3n) is 7.35. The zero-order valence-corrected chi connectivity index (χ0v) is 26.3. The lowest BCUT2D eigenvalue weighted by molar-refractivity contribution is 0.0624. The number of nitrogens with one attached hydrogen (secondary N) is 2. The van der Waals surface area contributed by atoms with Gasteiger partial charge in [-0.3, -0.25) is 10.6 Å². The van der Waals surface area contributed by atoms with Crippen LogP contribution in [-0.2, 0) is 20.3 Å². The Bertz CT molecular complexity index is 1350. The Balaban J connectivity index is 1.82. The molecule has 0 fully saturated rings. The van der Waals surface area contributed by atoms with Gasteiger partial charge in [0.05, 0.1) is 0 Å². The predicted octanol–water partition coefficient (Wildman–Crippen LogP) is 9.42. The first-order valence-corrected chi connectivity index (χ1v) is 14.2. The molecule has 41 heavy (non-hydrogen) atoms. The lowest BCUT2D eigenvalue weighted by atomic mass is 9.71. The molecule has 0 heterocycles. The van der Waals surface area contributed by atoms with Crippen LogP contribution >= 0.6 is 0 Å². The van der Waals surface area contributed by atoms with E-state index in [4.69, 9.17) is 9.47 Å². The number of anilines is 2. The quantitative estimate of drug-likeness (QED) is 0.303. The van der Waals surface area contributed by atoms with Crippen LogP contribution in [-0.4, -0.2) is 23.4 Å². The highest BCUT2D eigenvalue weighted by atomic mass is 16.6.